The van der Waals surface area contributed by atoms with Gasteiger partial charge in [-0.15, -0.1) is 11.3 Å². The van der Waals surface area contributed by atoms with Gasteiger partial charge in [0, 0.05) is 11.7 Å². The van der Waals surface area contributed by atoms with Crippen LogP contribution in [0, 0.1) is 0 Å². The summed E-state index contributed by atoms with van der Waals surface area (Å²) in [6, 6.07) is 10.2. The second-order valence-electron chi connectivity index (χ2n) is 7.26. The molecule has 1 aliphatic carbocycles. The van der Waals surface area contributed by atoms with Crippen LogP contribution in [-0.2, 0) is 9.53 Å². The van der Waals surface area contributed by atoms with Gasteiger partial charge in [-0.25, -0.2) is 4.79 Å². The van der Waals surface area contributed by atoms with Crippen LogP contribution in [0.2, 0.25) is 0 Å². The summed E-state index contributed by atoms with van der Waals surface area (Å²) in [6.45, 7) is 1.58. The Balaban J connectivity index is 1.55. The molecule has 1 fully saturated rings. The minimum atomic E-state index is -0.880. The molecular weight excluding hydrogens is 388 g/mol. The number of hydrogen-bond donors (Lipinski definition) is 2. The fraction of sp³-hybridized carbons (Fsp3) is 0.409. The molecule has 0 radical (unpaired) electrons. The SMILES string of the molecule is C[C@@H](OC(=O)c1cccc(NC(=O)c2cccs2)c1)C(=O)NC1CCCCCC1. The van der Waals surface area contributed by atoms with Gasteiger partial charge in [0.15, 0.2) is 6.10 Å². The predicted molar refractivity (Wildman–Crippen MR) is 113 cm³/mol. The number of rotatable bonds is 6. The van der Waals surface area contributed by atoms with Gasteiger partial charge in [-0.1, -0.05) is 37.8 Å². The molecule has 0 unspecified atom stereocenters. The van der Waals surface area contributed by atoms with Gasteiger partial charge in [-0.05, 0) is 49.4 Å². The van der Waals surface area contributed by atoms with Crippen molar-refractivity contribution in [3.63, 3.8) is 0 Å². The zero-order valence-corrected chi connectivity index (χ0v) is 17.3. The van der Waals surface area contributed by atoms with Gasteiger partial charge in [-0.3, -0.25) is 9.59 Å². The number of amides is 2. The van der Waals surface area contributed by atoms with E-state index in [2.05, 4.69) is 10.6 Å². The van der Waals surface area contributed by atoms with Crippen molar-refractivity contribution in [2.75, 3.05) is 5.32 Å². The lowest BCUT2D eigenvalue weighted by Gasteiger charge is -2.19. The second kappa shape index (κ2) is 10.2. The third-order valence-electron chi connectivity index (χ3n) is 4.96. The number of anilines is 1. The van der Waals surface area contributed by atoms with Crippen molar-refractivity contribution in [3.05, 3.63) is 52.2 Å². The molecule has 0 bridgehead atoms. The average molecular weight is 415 g/mol. The third-order valence-corrected chi connectivity index (χ3v) is 5.82. The Morgan fingerprint density at radius 2 is 1.83 bits per heavy atom. The quantitative estimate of drug-likeness (QED) is 0.542. The van der Waals surface area contributed by atoms with Crippen LogP contribution in [0.5, 0.6) is 0 Å². The summed E-state index contributed by atoms with van der Waals surface area (Å²) in [5, 5.41) is 7.58. The number of thiophene rings is 1. The fourth-order valence-electron chi connectivity index (χ4n) is 3.35. The van der Waals surface area contributed by atoms with Crippen LogP contribution < -0.4 is 10.6 Å². The van der Waals surface area contributed by atoms with Crippen molar-refractivity contribution in [1.29, 1.82) is 0 Å². The molecule has 6 nitrogen and oxygen atoms in total. The number of carbonyl (C=O) groups excluding carboxylic acids is 3. The predicted octanol–water partition coefficient (Wildman–Crippen LogP) is 4.38. The summed E-state index contributed by atoms with van der Waals surface area (Å²) in [5.41, 5.74) is 0.775. The molecule has 0 spiro atoms. The lowest BCUT2D eigenvalue weighted by Crippen LogP contribution is -2.41. The molecule has 29 heavy (non-hydrogen) atoms. The Morgan fingerprint density at radius 1 is 1.07 bits per heavy atom. The Bertz CT molecular complexity index is 842. The minimum absolute atomic E-state index is 0.155. The molecule has 0 aliphatic heterocycles. The Morgan fingerprint density at radius 3 is 2.52 bits per heavy atom. The largest absolute Gasteiger partial charge is 0.449 e. The highest BCUT2D eigenvalue weighted by Gasteiger charge is 2.22. The van der Waals surface area contributed by atoms with E-state index < -0.39 is 12.1 Å². The number of nitrogens with one attached hydrogen (secondary N) is 2. The van der Waals surface area contributed by atoms with Crippen LogP contribution in [0.15, 0.2) is 41.8 Å². The van der Waals surface area contributed by atoms with Crippen molar-refractivity contribution in [2.24, 2.45) is 0 Å². The maximum absolute atomic E-state index is 12.5. The molecule has 1 aromatic heterocycles. The maximum Gasteiger partial charge on any atom is 0.338 e. The standard InChI is InChI=1S/C22H26N2O4S/c1-15(20(25)23-17-9-4-2-3-5-10-17)28-22(27)16-8-6-11-18(14-16)24-21(26)19-12-7-13-29-19/h6-8,11-15,17H,2-5,9-10H2,1H3,(H,23,25)(H,24,26)/t15-/m1/s1. The summed E-state index contributed by atoms with van der Waals surface area (Å²) in [4.78, 5) is 37.6. The second-order valence-corrected chi connectivity index (χ2v) is 8.20. The van der Waals surface area contributed by atoms with Gasteiger partial charge < -0.3 is 15.4 Å². The smallest absolute Gasteiger partial charge is 0.338 e. The lowest BCUT2D eigenvalue weighted by molar-refractivity contribution is -0.129. The summed E-state index contributed by atoms with van der Waals surface area (Å²) < 4.78 is 5.34. The van der Waals surface area contributed by atoms with E-state index in [9.17, 15) is 14.4 Å². The monoisotopic (exact) mass is 414 g/mol. The van der Waals surface area contributed by atoms with E-state index in [0.717, 1.165) is 25.7 Å². The zero-order chi connectivity index (χ0) is 20.6. The molecule has 1 aliphatic rings. The molecule has 0 saturated heterocycles. The zero-order valence-electron chi connectivity index (χ0n) is 16.5. The average Bonchev–Trinajstić information content (AvgIpc) is 3.14. The van der Waals surface area contributed by atoms with Gasteiger partial charge in [0.25, 0.3) is 11.8 Å². The summed E-state index contributed by atoms with van der Waals surface area (Å²) in [6.07, 6.45) is 5.70. The Kier molecular flexibility index (Phi) is 7.41. The number of ether oxygens (including phenoxy) is 1. The van der Waals surface area contributed by atoms with Gasteiger partial charge in [0.05, 0.1) is 10.4 Å². The first-order valence-electron chi connectivity index (χ1n) is 9.99. The highest BCUT2D eigenvalue weighted by Crippen LogP contribution is 2.18. The molecule has 2 aromatic rings. The minimum Gasteiger partial charge on any atom is -0.449 e. The third kappa shape index (κ3) is 6.15. The van der Waals surface area contributed by atoms with E-state index in [1.807, 2.05) is 5.38 Å². The van der Waals surface area contributed by atoms with E-state index in [0.29, 0.717) is 10.6 Å². The van der Waals surface area contributed by atoms with Crippen molar-refractivity contribution in [1.82, 2.24) is 5.32 Å². The Labute approximate surface area is 174 Å². The highest BCUT2D eigenvalue weighted by molar-refractivity contribution is 7.12. The fourth-order valence-corrected chi connectivity index (χ4v) is 3.97. The number of esters is 1. The van der Waals surface area contributed by atoms with E-state index in [4.69, 9.17) is 4.74 Å². The first-order chi connectivity index (χ1) is 14.0. The maximum atomic E-state index is 12.5. The van der Waals surface area contributed by atoms with Crippen LogP contribution in [0.1, 0.15) is 65.5 Å². The first-order valence-corrected chi connectivity index (χ1v) is 10.9. The molecule has 1 heterocycles. The van der Waals surface area contributed by atoms with Crippen molar-refractivity contribution in [3.8, 4) is 0 Å². The van der Waals surface area contributed by atoms with E-state index >= 15 is 0 Å². The van der Waals surface area contributed by atoms with Crippen LogP contribution >= 0.6 is 11.3 Å². The summed E-state index contributed by atoms with van der Waals surface area (Å²) in [5.74, 6) is -1.10. The molecule has 2 N–H and O–H groups in total. The van der Waals surface area contributed by atoms with E-state index in [1.165, 1.54) is 24.2 Å². The van der Waals surface area contributed by atoms with Crippen LogP contribution in [0.4, 0.5) is 5.69 Å². The molecule has 1 atom stereocenters. The summed E-state index contributed by atoms with van der Waals surface area (Å²) >= 11 is 1.34. The molecule has 154 valence electrons. The number of hydrogen-bond acceptors (Lipinski definition) is 5. The highest BCUT2D eigenvalue weighted by atomic mass is 32.1. The van der Waals surface area contributed by atoms with Gasteiger partial charge in [-0.2, -0.15) is 0 Å². The van der Waals surface area contributed by atoms with Crippen LogP contribution in [-0.4, -0.2) is 29.9 Å². The normalized spacial score (nSPS) is 15.8. The number of carbonyl (C=O) groups is 3. The van der Waals surface area contributed by atoms with Crippen molar-refractivity contribution < 1.29 is 19.1 Å². The lowest BCUT2D eigenvalue weighted by atomic mass is 10.1. The molecular formula is C22H26N2O4S. The van der Waals surface area contributed by atoms with Gasteiger partial charge in [0.2, 0.25) is 0 Å². The topological polar surface area (TPSA) is 84.5 Å². The first kappa shape index (κ1) is 21.0. The molecule has 3 rings (SSSR count). The van der Waals surface area contributed by atoms with Gasteiger partial charge in [0.1, 0.15) is 0 Å². The van der Waals surface area contributed by atoms with Crippen molar-refractivity contribution in [2.45, 2.75) is 57.6 Å². The number of benzene rings is 1. The van der Waals surface area contributed by atoms with E-state index in [1.54, 1.807) is 43.3 Å². The molecule has 1 saturated carbocycles. The molecule has 2 amide bonds. The van der Waals surface area contributed by atoms with Gasteiger partial charge >= 0.3 is 5.97 Å². The Hall–Kier alpha value is -2.67. The van der Waals surface area contributed by atoms with Crippen molar-refractivity contribution >= 4 is 34.8 Å². The van der Waals surface area contributed by atoms with Crippen LogP contribution in [0.3, 0.4) is 0 Å². The molecule has 1 aromatic carbocycles. The summed E-state index contributed by atoms with van der Waals surface area (Å²) in [7, 11) is 0. The molecule has 7 heteroatoms. The van der Waals surface area contributed by atoms with E-state index in [-0.39, 0.29) is 23.4 Å². The van der Waals surface area contributed by atoms with Crippen LogP contribution in [0.25, 0.3) is 0 Å².